The highest BCUT2D eigenvalue weighted by Crippen LogP contribution is 2.32. The first-order valence-electron chi connectivity index (χ1n) is 5.77. The van der Waals surface area contributed by atoms with Gasteiger partial charge in [0.25, 0.3) is 5.91 Å². The Hall–Kier alpha value is -1.36. The van der Waals surface area contributed by atoms with Crippen LogP contribution in [0.25, 0.3) is 0 Å². The molecule has 0 heterocycles. The van der Waals surface area contributed by atoms with Gasteiger partial charge in [0.2, 0.25) is 0 Å². The number of carbonyl (C=O) groups excluding carboxylic acids is 1. The first-order valence-corrected chi connectivity index (χ1v) is 6.56. The molecule has 2 rings (SSSR count). The molecule has 0 atom stereocenters. The number of rotatable bonds is 3. The molecule has 1 saturated carbocycles. The van der Waals surface area contributed by atoms with Crippen molar-refractivity contribution < 1.29 is 14.7 Å². The number of amides is 1. The summed E-state index contributed by atoms with van der Waals surface area (Å²) in [4.78, 5) is 23.3. The second-order valence-electron chi connectivity index (χ2n) is 4.65. The van der Waals surface area contributed by atoms with Gasteiger partial charge in [-0.3, -0.25) is 4.79 Å². The molecule has 18 heavy (non-hydrogen) atoms. The third-order valence-corrected chi connectivity index (χ3v) is 3.90. The minimum absolute atomic E-state index is 0.317. The highest BCUT2D eigenvalue weighted by molar-refractivity contribution is 9.10. The Kier molecular flexibility index (Phi) is 3.43. The van der Waals surface area contributed by atoms with Crippen LogP contribution in [0.15, 0.2) is 22.7 Å². The summed E-state index contributed by atoms with van der Waals surface area (Å²) in [5, 5.41) is 11.8. The summed E-state index contributed by atoms with van der Waals surface area (Å²) in [6.07, 6.45) is 1.85. The predicted molar refractivity (Wildman–Crippen MR) is 70.6 cm³/mol. The summed E-state index contributed by atoms with van der Waals surface area (Å²) in [6.45, 7) is 1.83. The van der Waals surface area contributed by atoms with Crippen LogP contribution in [0, 0.1) is 6.92 Å². The zero-order valence-electron chi connectivity index (χ0n) is 10.00. The van der Waals surface area contributed by atoms with E-state index in [1.54, 1.807) is 12.1 Å². The normalized spacial score (nSPS) is 16.8. The second kappa shape index (κ2) is 4.72. The van der Waals surface area contributed by atoms with E-state index in [0.29, 0.717) is 18.4 Å². The third-order valence-electron chi connectivity index (χ3n) is 3.40. The SMILES string of the molecule is Cc1cc(Br)ccc1C(=O)NC1(C(=O)O)CCC1. The van der Waals surface area contributed by atoms with Gasteiger partial charge < -0.3 is 10.4 Å². The highest BCUT2D eigenvalue weighted by Gasteiger charge is 2.45. The molecule has 1 aliphatic carbocycles. The molecule has 0 spiro atoms. The number of carboxylic acid groups (broad SMARTS) is 1. The molecule has 2 N–H and O–H groups in total. The zero-order valence-corrected chi connectivity index (χ0v) is 11.6. The molecule has 0 aromatic heterocycles. The van der Waals surface area contributed by atoms with Crippen molar-refractivity contribution in [1.82, 2.24) is 5.32 Å². The average Bonchev–Trinajstić information content (AvgIpc) is 2.22. The minimum Gasteiger partial charge on any atom is -0.480 e. The smallest absolute Gasteiger partial charge is 0.329 e. The van der Waals surface area contributed by atoms with Gasteiger partial charge >= 0.3 is 5.97 Å². The second-order valence-corrected chi connectivity index (χ2v) is 5.57. The highest BCUT2D eigenvalue weighted by atomic mass is 79.9. The van der Waals surface area contributed by atoms with Crippen molar-refractivity contribution in [3.05, 3.63) is 33.8 Å². The fourth-order valence-electron chi connectivity index (χ4n) is 2.09. The number of halogens is 1. The van der Waals surface area contributed by atoms with E-state index in [-0.39, 0.29) is 5.91 Å². The lowest BCUT2D eigenvalue weighted by Gasteiger charge is -2.38. The van der Waals surface area contributed by atoms with Gasteiger partial charge in [0.1, 0.15) is 5.54 Å². The number of nitrogens with one attached hydrogen (secondary N) is 1. The molecule has 96 valence electrons. The lowest BCUT2D eigenvalue weighted by Crippen LogP contribution is -2.59. The Morgan fingerprint density at radius 1 is 1.39 bits per heavy atom. The van der Waals surface area contributed by atoms with Crippen molar-refractivity contribution in [3.63, 3.8) is 0 Å². The van der Waals surface area contributed by atoms with Crippen LogP contribution in [-0.4, -0.2) is 22.5 Å². The Balaban J connectivity index is 2.19. The molecule has 1 amide bonds. The van der Waals surface area contributed by atoms with Crippen molar-refractivity contribution in [3.8, 4) is 0 Å². The van der Waals surface area contributed by atoms with Crippen LogP contribution in [0.2, 0.25) is 0 Å². The van der Waals surface area contributed by atoms with Crippen LogP contribution in [0.4, 0.5) is 0 Å². The molecule has 1 aliphatic rings. The van der Waals surface area contributed by atoms with Gasteiger partial charge in [-0.05, 0) is 49.9 Å². The third kappa shape index (κ3) is 2.27. The van der Waals surface area contributed by atoms with Crippen molar-refractivity contribution >= 4 is 27.8 Å². The van der Waals surface area contributed by atoms with Crippen molar-refractivity contribution in [2.24, 2.45) is 0 Å². The van der Waals surface area contributed by atoms with E-state index in [9.17, 15) is 14.7 Å². The van der Waals surface area contributed by atoms with E-state index in [2.05, 4.69) is 21.2 Å². The lowest BCUT2D eigenvalue weighted by molar-refractivity contribution is -0.148. The Labute approximate surface area is 114 Å². The fraction of sp³-hybridized carbons (Fsp3) is 0.385. The molecule has 0 aliphatic heterocycles. The van der Waals surface area contributed by atoms with Gasteiger partial charge in [0, 0.05) is 10.0 Å². The molecule has 1 aromatic carbocycles. The molecule has 1 aromatic rings. The van der Waals surface area contributed by atoms with E-state index in [0.717, 1.165) is 16.5 Å². The van der Waals surface area contributed by atoms with E-state index >= 15 is 0 Å². The van der Waals surface area contributed by atoms with Crippen LogP contribution in [-0.2, 0) is 4.79 Å². The van der Waals surface area contributed by atoms with E-state index in [1.165, 1.54) is 0 Å². The summed E-state index contributed by atoms with van der Waals surface area (Å²) in [6, 6.07) is 5.31. The predicted octanol–water partition coefficient (Wildman–Crippen LogP) is 2.49. The Morgan fingerprint density at radius 3 is 2.50 bits per heavy atom. The largest absolute Gasteiger partial charge is 0.480 e. The molecular weight excluding hydrogens is 298 g/mol. The van der Waals surface area contributed by atoms with Crippen molar-refractivity contribution in [2.45, 2.75) is 31.7 Å². The average molecular weight is 312 g/mol. The first kappa shape index (κ1) is 13.1. The van der Waals surface area contributed by atoms with Gasteiger partial charge in [0.05, 0.1) is 0 Å². The monoisotopic (exact) mass is 311 g/mol. The topological polar surface area (TPSA) is 66.4 Å². The summed E-state index contributed by atoms with van der Waals surface area (Å²) in [5.74, 6) is -1.26. The molecule has 1 fully saturated rings. The van der Waals surface area contributed by atoms with E-state index in [4.69, 9.17) is 0 Å². The maximum Gasteiger partial charge on any atom is 0.329 e. The van der Waals surface area contributed by atoms with E-state index < -0.39 is 11.5 Å². The maximum atomic E-state index is 12.1. The molecule has 0 radical (unpaired) electrons. The molecular formula is C13H14BrNO3. The molecule has 0 bridgehead atoms. The van der Waals surface area contributed by atoms with E-state index in [1.807, 2.05) is 13.0 Å². The lowest BCUT2D eigenvalue weighted by atomic mass is 9.76. The van der Waals surface area contributed by atoms with Gasteiger partial charge in [-0.1, -0.05) is 15.9 Å². The number of hydrogen-bond donors (Lipinski definition) is 2. The Morgan fingerprint density at radius 2 is 2.06 bits per heavy atom. The van der Waals surface area contributed by atoms with Crippen molar-refractivity contribution in [1.29, 1.82) is 0 Å². The number of carboxylic acids is 1. The number of hydrogen-bond acceptors (Lipinski definition) is 2. The summed E-state index contributed by atoms with van der Waals surface area (Å²) in [5.41, 5.74) is 0.281. The van der Waals surface area contributed by atoms with Crippen LogP contribution >= 0.6 is 15.9 Å². The van der Waals surface area contributed by atoms with Crippen LogP contribution in [0.1, 0.15) is 35.2 Å². The van der Waals surface area contributed by atoms with Crippen LogP contribution in [0.5, 0.6) is 0 Å². The standard InChI is InChI=1S/C13H14BrNO3/c1-8-7-9(14)3-4-10(8)11(16)15-13(12(17)18)5-2-6-13/h3-4,7H,2,5-6H2,1H3,(H,15,16)(H,17,18). The Bertz CT molecular complexity index is 509. The van der Waals surface area contributed by atoms with Gasteiger partial charge in [0.15, 0.2) is 0 Å². The first-order chi connectivity index (χ1) is 8.44. The molecule has 4 nitrogen and oxygen atoms in total. The summed E-state index contributed by atoms with van der Waals surface area (Å²) >= 11 is 3.33. The number of benzene rings is 1. The van der Waals surface area contributed by atoms with Gasteiger partial charge in [-0.15, -0.1) is 0 Å². The van der Waals surface area contributed by atoms with Crippen LogP contribution < -0.4 is 5.32 Å². The van der Waals surface area contributed by atoms with Crippen LogP contribution in [0.3, 0.4) is 0 Å². The quantitative estimate of drug-likeness (QED) is 0.901. The van der Waals surface area contributed by atoms with Gasteiger partial charge in [-0.2, -0.15) is 0 Å². The fourth-order valence-corrected chi connectivity index (χ4v) is 2.56. The van der Waals surface area contributed by atoms with Crippen molar-refractivity contribution in [2.75, 3.05) is 0 Å². The van der Waals surface area contributed by atoms with Gasteiger partial charge in [-0.25, -0.2) is 4.79 Å². The number of aliphatic carboxylic acids is 1. The number of aryl methyl sites for hydroxylation is 1. The summed E-state index contributed by atoms with van der Waals surface area (Å²) in [7, 11) is 0. The molecule has 0 unspecified atom stereocenters. The minimum atomic E-state index is -1.06. The number of carbonyl (C=O) groups is 2. The molecule has 5 heteroatoms. The zero-order chi connectivity index (χ0) is 13.3. The summed E-state index contributed by atoms with van der Waals surface area (Å²) < 4.78 is 0.896. The maximum absolute atomic E-state index is 12.1. The molecule has 0 saturated heterocycles.